The highest BCUT2D eigenvalue weighted by molar-refractivity contribution is 5.72. The summed E-state index contributed by atoms with van der Waals surface area (Å²) < 4.78 is 4.44. The van der Waals surface area contributed by atoms with E-state index in [9.17, 15) is 4.79 Å². The lowest BCUT2D eigenvalue weighted by molar-refractivity contribution is -0.139. The third kappa shape index (κ3) is 10.7. The van der Waals surface area contributed by atoms with Crippen LogP contribution in [0.3, 0.4) is 0 Å². The van der Waals surface area contributed by atoms with E-state index in [2.05, 4.69) is 17.9 Å². The topological polar surface area (TPSA) is 26.3 Å². The second-order valence-electron chi connectivity index (χ2n) is 2.01. The molecule has 0 saturated carbocycles. The van der Waals surface area contributed by atoms with Crippen molar-refractivity contribution in [2.45, 2.75) is 20.3 Å². The zero-order valence-corrected chi connectivity index (χ0v) is 8.67. The summed E-state index contributed by atoms with van der Waals surface area (Å²) in [5.74, 6) is -0.274. The first-order valence-electron chi connectivity index (χ1n) is 4.24. The molecule has 0 aromatic heterocycles. The van der Waals surface area contributed by atoms with Gasteiger partial charge in [-0.15, -0.1) is 0 Å². The van der Waals surface area contributed by atoms with Crippen molar-refractivity contribution >= 4 is 5.97 Å². The van der Waals surface area contributed by atoms with Gasteiger partial charge in [0.15, 0.2) is 0 Å². The molecule has 0 fully saturated rings. The molecular weight excluding hydrogens is 164 g/mol. The fraction of sp³-hybridized carbons (Fsp3) is 0.364. The Morgan fingerprint density at radius 1 is 1.46 bits per heavy atom. The van der Waals surface area contributed by atoms with Crippen molar-refractivity contribution in [2.75, 3.05) is 7.11 Å². The highest BCUT2D eigenvalue weighted by atomic mass is 16.5. The maximum absolute atomic E-state index is 10.6. The number of carbonyl (C=O) groups excluding carboxylic acids is 1. The van der Waals surface area contributed by atoms with Crippen molar-refractivity contribution in [3.05, 3.63) is 37.0 Å². The summed E-state index contributed by atoms with van der Waals surface area (Å²) >= 11 is 0. The van der Waals surface area contributed by atoms with Crippen LogP contribution in [0.1, 0.15) is 20.3 Å². The average molecular weight is 182 g/mol. The summed E-state index contributed by atoms with van der Waals surface area (Å²) in [7, 11) is 1.35. The molecule has 0 bridgehead atoms. The Bertz CT molecular complexity index is 190. The third-order valence-electron chi connectivity index (χ3n) is 1.07. The Balaban J connectivity index is 0. The van der Waals surface area contributed by atoms with Gasteiger partial charge in [0.25, 0.3) is 0 Å². The minimum Gasteiger partial charge on any atom is -0.469 e. The lowest BCUT2D eigenvalue weighted by Crippen LogP contribution is -1.99. The first-order valence-corrected chi connectivity index (χ1v) is 4.24. The Morgan fingerprint density at radius 2 is 2.00 bits per heavy atom. The van der Waals surface area contributed by atoms with E-state index in [4.69, 9.17) is 0 Å². The predicted molar refractivity (Wildman–Crippen MR) is 56.5 cm³/mol. The Hall–Kier alpha value is -1.31. The van der Waals surface area contributed by atoms with Crippen LogP contribution in [0.25, 0.3) is 0 Å². The van der Waals surface area contributed by atoms with Gasteiger partial charge in [0, 0.05) is 0 Å². The molecule has 0 heterocycles. The zero-order chi connectivity index (χ0) is 10.7. The first kappa shape index (κ1) is 14.2. The third-order valence-corrected chi connectivity index (χ3v) is 1.07. The van der Waals surface area contributed by atoms with Gasteiger partial charge in [-0.05, 0) is 5.57 Å². The maximum atomic E-state index is 10.6. The number of hydrogen-bond acceptors (Lipinski definition) is 2. The van der Waals surface area contributed by atoms with E-state index in [-0.39, 0.29) is 12.4 Å². The van der Waals surface area contributed by atoms with Crippen LogP contribution in [0.2, 0.25) is 0 Å². The van der Waals surface area contributed by atoms with Crippen LogP contribution in [-0.4, -0.2) is 13.1 Å². The SMILES string of the molecule is C=C/C=C\C(=C)CC(=O)OC.CC. The zero-order valence-electron chi connectivity index (χ0n) is 8.67. The maximum Gasteiger partial charge on any atom is 0.309 e. The van der Waals surface area contributed by atoms with Crippen LogP contribution in [0.5, 0.6) is 0 Å². The molecule has 0 aliphatic heterocycles. The lowest BCUT2D eigenvalue weighted by Gasteiger charge is -1.96. The van der Waals surface area contributed by atoms with E-state index in [0.717, 1.165) is 5.57 Å². The van der Waals surface area contributed by atoms with Crippen LogP contribution in [0, 0.1) is 0 Å². The number of methoxy groups -OCH3 is 1. The van der Waals surface area contributed by atoms with Gasteiger partial charge >= 0.3 is 5.97 Å². The first-order chi connectivity index (χ1) is 6.20. The number of esters is 1. The van der Waals surface area contributed by atoms with Crippen LogP contribution in [0.4, 0.5) is 0 Å². The summed E-state index contributed by atoms with van der Waals surface area (Å²) in [6.07, 6.45) is 5.32. The van der Waals surface area contributed by atoms with Gasteiger partial charge in [0.05, 0.1) is 13.5 Å². The van der Waals surface area contributed by atoms with Gasteiger partial charge in [0.1, 0.15) is 0 Å². The fourth-order valence-corrected chi connectivity index (χ4v) is 0.521. The van der Waals surface area contributed by atoms with Gasteiger partial charge in [-0.3, -0.25) is 4.79 Å². The van der Waals surface area contributed by atoms with E-state index in [1.807, 2.05) is 13.8 Å². The predicted octanol–water partition coefficient (Wildman–Crippen LogP) is 2.87. The number of hydrogen-bond donors (Lipinski definition) is 0. The van der Waals surface area contributed by atoms with Crippen molar-refractivity contribution in [1.29, 1.82) is 0 Å². The molecule has 0 aliphatic carbocycles. The molecule has 0 amide bonds. The van der Waals surface area contributed by atoms with Crippen LogP contribution >= 0.6 is 0 Å². The molecule has 0 N–H and O–H groups in total. The van der Waals surface area contributed by atoms with Gasteiger partial charge in [-0.1, -0.05) is 45.2 Å². The molecule has 0 aromatic rings. The normalized spacial score (nSPS) is 8.54. The van der Waals surface area contributed by atoms with E-state index < -0.39 is 0 Å². The molecule has 0 aromatic carbocycles. The fourth-order valence-electron chi connectivity index (χ4n) is 0.521. The molecule has 0 unspecified atom stereocenters. The van der Waals surface area contributed by atoms with Crippen molar-refractivity contribution in [3.8, 4) is 0 Å². The Labute approximate surface area is 80.6 Å². The van der Waals surface area contributed by atoms with Crippen molar-refractivity contribution in [1.82, 2.24) is 0 Å². The van der Waals surface area contributed by atoms with Gasteiger partial charge in [-0.2, -0.15) is 0 Å². The Morgan fingerprint density at radius 3 is 2.38 bits per heavy atom. The monoisotopic (exact) mass is 182 g/mol. The lowest BCUT2D eigenvalue weighted by atomic mass is 10.2. The van der Waals surface area contributed by atoms with E-state index in [1.54, 1.807) is 18.2 Å². The van der Waals surface area contributed by atoms with Crippen LogP contribution in [0.15, 0.2) is 37.0 Å². The standard InChI is InChI=1S/C9H12O2.C2H6/c1-4-5-6-8(2)7-9(10)11-3;1-2/h4-6H,1-2,7H2,3H3;1-2H3/b6-5-;. The molecular formula is C11H18O2. The van der Waals surface area contributed by atoms with Crippen molar-refractivity contribution < 1.29 is 9.53 Å². The summed E-state index contributed by atoms with van der Waals surface area (Å²) in [5, 5.41) is 0. The van der Waals surface area contributed by atoms with E-state index in [1.165, 1.54) is 7.11 Å². The van der Waals surface area contributed by atoms with E-state index in [0.29, 0.717) is 0 Å². The molecule has 2 nitrogen and oxygen atoms in total. The van der Waals surface area contributed by atoms with Gasteiger partial charge in [0.2, 0.25) is 0 Å². The van der Waals surface area contributed by atoms with Crippen molar-refractivity contribution in [3.63, 3.8) is 0 Å². The highest BCUT2D eigenvalue weighted by Crippen LogP contribution is 2.00. The quantitative estimate of drug-likeness (QED) is 0.493. The van der Waals surface area contributed by atoms with Crippen LogP contribution in [-0.2, 0) is 9.53 Å². The minimum absolute atomic E-state index is 0.237. The molecule has 0 spiro atoms. The highest BCUT2D eigenvalue weighted by Gasteiger charge is 1.99. The summed E-state index contributed by atoms with van der Waals surface area (Å²) in [4.78, 5) is 10.6. The smallest absolute Gasteiger partial charge is 0.309 e. The van der Waals surface area contributed by atoms with Crippen molar-refractivity contribution in [2.24, 2.45) is 0 Å². The largest absolute Gasteiger partial charge is 0.469 e. The second kappa shape index (κ2) is 10.7. The summed E-state index contributed by atoms with van der Waals surface area (Å²) in [6, 6.07) is 0. The number of allylic oxidation sites excluding steroid dienone is 3. The summed E-state index contributed by atoms with van der Waals surface area (Å²) in [6.45, 7) is 11.1. The minimum atomic E-state index is -0.274. The number of carbonyl (C=O) groups is 1. The molecule has 2 heteroatoms. The average Bonchev–Trinajstić information content (AvgIpc) is 2.17. The van der Waals surface area contributed by atoms with Gasteiger partial charge < -0.3 is 4.74 Å². The molecule has 0 saturated heterocycles. The Kier molecular flexibility index (Phi) is 11.7. The molecule has 74 valence electrons. The van der Waals surface area contributed by atoms with Crippen LogP contribution < -0.4 is 0 Å². The molecule has 0 rings (SSSR count). The molecule has 0 aliphatic rings. The molecule has 13 heavy (non-hydrogen) atoms. The van der Waals surface area contributed by atoms with E-state index >= 15 is 0 Å². The molecule has 0 atom stereocenters. The molecule has 0 radical (unpaired) electrons. The number of ether oxygens (including phenoxy) is 1. The number of rotatable bonds is 4. The van der Waals surface area contributed by atoms with Gasteiger partial charge in [-0.25, -0.2) is 0 Å². The second-order valence-corrected chi connectivity index (χ2v) is 2.01. The summed E-state index contributed by atoms with van der Waals surface area (Å²) in [5.41, 5.74) is 0.719.